The molecule has 1 aromatic rings. The van der Waals surface area contributed by atoms with Crippen LogP contribution in [0, 0.1) is 0 Å². The Morgan fingerprint density at radius 3 is 2.38 bits per heavy atom. The minimum absolute atomic E-state index is 0.116. The Bertz CT molecular complexity index is 813. The molecule has 0 spiro atoms. The van der Waals surface area contributed by atoms with Gasteiger partial charge in [0, 0.05) is 37.0 Å². The molecule has 0 bridgehead atoms. The van der Waals surface area contributed by atoms with Gasteiger partial charge in [-0.1, -0.05) is 18.2 Å². The highest BCUT2D eigenvalue weighted by molar-refractivity contribution is 5.79. The fourth-order valence-electron chi connectivity index (χ4n) is 4.71. The number of benzene rings is 1. The zero-order valence-corrected chi connectivity index (χ0v) is 18.2. The van der Waals surface area contributed by atoms with Gasteiger partial charge in [-0.25, -0.2) is 4.79 Å². The Hall–Kier alpha value is -2.37. The molecule has 2 aliphatic heterocycles. The highest BCUT2D eigenvalue weighted by Gasteiger charge is 2.58. The maximum atomic E-state index is 13.1. The van der Waals surface area contributed by atoms with Crippen LogP contribution in [0.4, 0.5) is 10.5 Å². The molecule has 6 nitrogen and oxygen atoms in total. The van der Waals surface area contributed by atoms with Gasteiger partial charge in [0.05, 0.1) is 0 Å². The van der Waals surface area contributed by atoms with Gasteiger partial charge >= 0.3 is 6.09 Å². The topological polar surface area (TPSA) is 66.9 Å². The van der Waals surface area contributed by atoms with Crippen molar-refractivity contribution in [3.8, 4) is 0 Å². The number of nitrogens with zero attached hydrogens (tertiary/aromatic N) is 2. The third kappa shape index (κ3) is 4.16. The van der Waals surface area contributed by atoms with Crippen molar-refractivity contribution in [3.05, 3.63) is 29.8 Å². The lowest BCUT2D eigenvalue weighted by Gasteiger charge is -2.38. The van der Waals surface area contributed by atoms with E-state index in [1.807, 2.05) is 32.9 Å². The van der Waals surface area contributed by atoms with Crippen molar-refractivity contribution in [2.24, 2.45) is 0 Å². The third-order valence-electron chi connectivity index (χ3n) is 5.89. The lowest BCUT2D eigenvalue weighted by Crippen LogP contribution is -2.53. The lowest BCUT2D eigenvalue weighted by molar-refractivity contribution is -0.117. The van der Waals surface area contributed by atoms with Crippen LogP contribution in [0.1, 0.15) is 65.9 Å². The maximum Gasteiger partial charge on any atom is 0.411 e. The molecule has 1 saturated heterocycles. The van der Waals surface area contributed by atoms with E-state index in [-0.39, 0.29) is 29.2 Å². The van der Waals surface area contributed by atoms with Crippen LogP contribution in [0.5, 0.6) is 0 Å². The molecule has 0 aliphatic carbocycles. The number of hydrogen-bond acceptors (Lipinski definition) is 5. The summed E-state index contributed by atoms with van der Waals surface area (Å²) in [5.41, 5.74) is 1.31. The summed E-state index contributed by atoms with van der Waals surface area (Å²) in [4.78, 5) is 40.6. The number of amides is 1. The first-order valence-electron chi connectivity index (χ1n) is 10.4. The first-order valence-corrected chi connectivity index (χ1v) is 10.4. The van der Waals surface area contributed by atoms with Crippen molar-refractivity contribution >= 4 is 23.3 Å². The molecule has 0 unspecified atom stereocenters. The first kappa shape index (κ1) is 21.3. The second-order valence-electron chi connectivity index (χ2n) is 9.32. The Labute approximate surface area is 173 Å². The van der Waals surface area contributed by atoms with E-state index in [2.05, 4.69) is 17.0 Å². The summed E-state index contributed by atoms with van der Waals surface area (Å²) in [6.07, 6.45) is 1.75. The number of carbonyl (C=O) groups excluding carboxylic acids is 3. The Morgan fingerprint density at radius 1 is 1.10 bits per heavy atom. The van der Waals surface area contributed by atoms with Gasteiger partial charge in [0.2, 0.25) is 0 Å². The highest BCUT2D eigenvalue weighted by atomic mass is 16.6. The second-order valence-corrected chi connectivity index (χ2v) is 9.32. The van der Waals surface area contributed by atoms with Gasteiger partial charge in [-0.2, -0.15) is 0 Å². The van der Waals surface area contributed by atoms with Gasteiger partial charge in [-0.05, 0) is 59.1 Å². The van der Waals surface area contributed by atoms with Crippen molar-refractivity contribution in [3.63, 3.8) is 0 Å². The predicted octanol–water partition coefficient (Wildman–Crippen LogP) is 4.06. The number of rotatable bonds is 6. The minimum Gasteiger partial charge on any atom is -0.444 e. The smallest absolute Gasteiger partial charge is 0.411 e. The van der Waals surface area contributed by atoms with Crippen molar-refractivity contribution in [2.45, 2.75) is 77.5 Å². The molecule has 1 fully saturated rings. The maximum absolute atomic E-state index is 13.1. The number of carbonyl (C=O) groups is 3. The van der Waals surface area contributed by atoms with E-state index in [0.717, 1.165) is 12.1 Å². The summed E-state index contributed by atoms with van der Waals surface area (Å²) in [6, 6.07) is 8.15. The van der Waals surface area contributed by atoms with Crippen LogP contribution in [0.25, 0.3) is 0 Å². The Kier molecular flexibility index (Phi) is 5.74. The average Bonchev–Trinajstić information content (AvgIpc) is 3.10. The van der Waals surface area contributed by atoms with Crippen LogP contribution in [0.2, 0.25) is 0 Å². The second kappa shape index (κ2) is 7.81. The van der Waals surface area contributed by atoms with Crippen molar-refractivity contribution < 1.29 is 19.1 Å². The molecular formula is C23H32N2O4. The molecule has 2 heterocycles. The van der Waals surface area contributed by atoms with Crippen molar-refractivity contribution in [1.29, 1.82) is 0 Å². The fraction of sp³-hybridized carbons (Fsp3) is 0.609. The van der Waals surface area contributed by atoms with E-state index >= 15 is 0 Å². The zero-order valence-electron chi connectivity index (χ0n) is 18.2. The largest absolute Gasteiger partial charge is 0.444 e. The summed E-state index contributed by atoms with van der Waals surface area (Å²) < 4.78 is 5.70. The van der Waals surface area contributed by atoms with E-state index in [0.29, 0.717) is 32.4 Å². The molecule has 3 rings (SSSR count). The quantitative estimate of drug-likeness (QED) is 0.720. The number of hydrogen-bond donors (Lipinski definition) is 0. The molecule has 0 N–H and O–H groups in total. The van der Waals surface area contributed by atoms with Crippen molar-refractivity contribution in [1.82, 2.24) is 4.90 Å². The molecule has 29 heavy (non-hydrogen) atoms. The number of fused-ring (bicyclic) bond motifs is 3. The van der Waals surface area contributed by atoms with Crippen LogP contribution < -0.4 is 4.90 Å². The number of para-hydroxylation sites is 1. The summed E-state index contributed by atoms with van der Waals surface area (Å²) in [5, 5.41) is 0. The molecule has 0 saturated carbocycles. The minimum atomic E-state index is -0.586. The molecule has 0 radical (unpaired) electrons. The van der Waals surface area contributed by atoms with Crippen molar-refractivity contribution in [2.75, 3.05) is 18.0 Å². The standard InChI is InChI=1S/C23H32N2O4/c1-16(26)10-12-23-13-15-25(21(28)29-22(3,4)5)20(23)24(14-11-17(2)27)19-9-7-6-8-18(19)23/h6-9,20H,10-15H2,1-5H3/t20-,23-/m1/s1. The molecule has 1 aromatic carbocycles. The number of likely N-dealkylation sites (tertiary alicyclic amines) is 1. The molecule has 158 valence electrons. The molecule has 0 aromatic heterocycles. The van der Waals surface area contributed by atoms with E-state index in [9.17, 15) is 14.4 Å². The van der Waals surface area contributed by atoms with Gasteiger partial charge in [0.25, 0.3) is 0 Å². The monoisotopic (exact) mass is 400 g/mol. The van der Waals surface area contributed by atoms with Gasteiger partial charge in [-0.3, -0.25) is 9.69 Å². The molecule has 2 atom stereocenters. The number of ketones is 2. The van der Waals surface area contributed by atoms with Gasteiger partial charge in [0.15, 0.2) is 0 Å². The van der Waals surface area contributed by atoms with Crippen LogP contribution in [0.3, 0.4) is 0 Å². The summed E-state index contributed by atoms with van der Waals surface area (Å²) in [6.45, 7) is 9.90. The lowest BCUT2D eigenvalue weighted by atomic mass is 9.75. The van der Waals surface area contributed by atoms with Crippen LogP contribution >= 0.6 is 0 Å². The van der Waals surface area contributed by atoms with Gasteiger partial charge in [0.1, 0.15) is 23.3 Å². The predicted molar refractivity (Wildman–Crippen MR) is 112 cm³/mol. The van der Waals surface area contributed by atoms with Crippen LogP contribution in [-0.4, -0.2) is 47.4 Å². The zero-order chi connectivity index (χ0) is 21.4. The van der Waals surface area contributed by atoms with Crippen LogP contribution in [-0.2, 0) is 19.7 Å². The summed E-state index contributed by atoms with van der Waals surface area (Å²) in [5.74, 6) is 0.263. The Morgan fingerprint density at radius 2 is 1.76 bits per heavy atom. The van der Waals surface area contributed by atoms with Gasteiger partial charge < -0.3 is 14.4 Å². The summed E-state index contributed by atoms with van der Waals surface area (Å²) >= 11 is 0. The van der Waals surface area contributed by atoms with Gasteiger partial charge in [-0.15, -0.1) is 0 Å². The first-order chi connectivity index (χ1) is 13.5. The van der Waals surface area contributed by atoms with E-state index in [1.165, 1.54) is 5.56 Å². The average molecular weight is 401 g/mol. The Balaban J connectivity index is 2.03. The number of anilines is 1. The normalized spacial score (nSPS) is 23.0. The SMILES string of the molecule is CC(=O)CCN1c2ccccc2[C@@]2(CCC(C)=O)CCN(C(=O)OC(C)(C)C)[C@@H]12. The van der Waals surface area contributed by atoms with E-state index < -0.39 is 5.60 Å². The molecule has 6 heteroatoms. The van der Waals surface area contributed by atoms with E-state index in [4.69, 9.17) is 4.74 Å². The summed E-state index contributed by atoms with van der Waals surface area (Å²) in [7, 11) is 0. The highest BCUT2D eigenvalue weighted by Crippen LogP contribution is 2.54. The third-order valence-corrected chi connectivity index (χ3v) is 5.89. The number of ether oxygens (including phenoxy) is 1. The fourth-order valence-corrected chi connectivity index (χ4v) is 4.71. The molecule has 1 amide bonds. The van der Waals surface area contributed by atoms with Crippen LogP contribution in [0.15, 0.2) is 24.3 Å². The molecular weight excluding hydrogens is 368 g/mol. The number of Topliss-reactive ketones (excluding diaryl/α,β-unsaturated/α-hetero) is 2. The molecule has 2 aliphatic rings. The van der Waals surface area contributed by atoms with E-state index in [1.54, 1.807) is 18.7 Å².